The number of carboxylic acid groups (broad SMARTS) is 1. The van der Waals surface area contributed by atoms with Gasteiger partial charge in [0.2, 0.25) is 0 Å². The minimum atomic E-state index is -3.34. The van der Waals surface area contributed by atoms with Crippen LogP contribution in [0.25, 0.3) is 0 Å². The third kappa shape index (κ3) is 5.14. The molecule has 98 valence electrons. The molecule has 2 fully saturated rings. The van der Waals surface area contributed by atoms with E-state index in [0.717, 1.165) is 0 Å². The summed E-state index contributed by atoms with van der Waals surface area (Å²) in [6.07, 6.45) is -0.432. The van der Waals surface area contributed by atoms with E-state index in [9.17, 15) is 9.36 Å². The number of hydrogen-bond donors (Lipinski definition) is 1. The van der Waals surface area contributed by atoms with Gasteiger partial charge in [0.05, 0.1) is 39.0 Å². The summed E-state index contributed by atoms with van der Waals surface area (Å²) in [5.74, 6) is -1.03. The fraction of sp³-hybridized carbons (Fsp3) is 0.889. The fourth-order valence-electron chi connectivity index (χ4n) is 1.12. The molecule has 0 aromatic carbocycles. The number of carbonyl (C=O) groups is 1. The molecule has 2 atom stereocenters. The lowest BCUT2D eigenvalue weighted by Crippen LogP contribution is -2.10. The van der Waals surface area contributed by atoms with E-state index < -0.39 is 13.6 Å². The average molecular weight is 266 g/mol. The minimum Gasteiger partial charge on any atom is -0.481 e. The predicted molar refractivity (Wildman–Crippen MR) is 56.1 cm³/mol. The molecule has 0 spiro atoms. The van der Waals surface area contributed by atoms with Crippen LogP contribution in [-0.2, 0) is 27.9 Å². The molecule has 2 heterocycles. The molecule has 0 amide bonds. The second-order valence-electron chi connectivity index (χ2n) is 3.98. The van der Waals surface area contributed by atoms with Gasteiger partial charge in [0, 0.05) is 0 Å². The van der Waals surface area contributed by atoms with Crippen LogP contribution < -0.4 is 0 Å². The summed E-state index contributed by atoms with van der Waals surface area (Å²) >= 11 is 0. The van der Waals surface area contributed by atoms with E-state index in [1.165, 1.54) is 0 Å². The molecule has 2 rings (SSSR count). The van der Waals surface area contributed by atoms with Crippen molar-refractivity contribution in [3.05, 3.63) is 0 Å². The molecule has 2 unspecified atom stereocenters. The maximum Gasteiger partial charge on any atom is 0.331 e. The molecule has 0 radical (unpaired) electrons. The molecule has 8 heteroatoms. The van der Waals surface area contributed by atoms with Crippen molar-refractivity contribution in [1.29, 1.82) is 0 Å². The van der Waals surface area contributed by atoms with Crippen LogP contribution in [0.15, 0.2) is 0 Å². The van der Waals surface area contributed by atoms with Gasteiger partial charge in [-0.25, -0.2) is 0 Å². The van der Waals surface area contributed by atoms with E-state index in [0.29, 0.717) is 13.2 Å². The monoisotopic (exact) mass is 266 g/mol. The molecule has 0 aliphatic carbocycles. The first-order valence-corrected chi connectivity index (χ1v) is 7.13. The maximum absolute atomic E-state index is 12.2. The van der Waals surface area contributed by atoms with Gasteiger partial charge in [-0.3, -0.25) is 9.36 Å². The van der Waals surface area contributed by atoms with Crippen molar-refractivity contribution in [1.82, 2.24) is 0 Å². The van der Waals surface area contributed by atoms with Gasteiger partial charge in [-0.2, -0.15) is 0 Å². The SMILES string of the molecule is O=C(O)CCP(=O)(OCC1CO1)OCC1CO1. The Morgan fingerprint density at radius 2 is 1.71 bits per heavy atom. The van der Waals surface area contributed by atoms with Gasteiger partial charge in [-0.1, -0.05) is 0 Å². The van der Waals surface area contributed by atoms with Crippen molar-refractivity contribution >= 4 is 13.6 Å². The minimum absolute atomic E-state index is 0.0334. The van der Waals surface area contributed by atoms with Crippen LogP contribution in [0.2, 0.25) is 0 Å². The Balaban J connectivity index is 1.77. The number of epoxide rings is 2. The molecule has 1 N–H and O–H groups in total. The topological polar surface area (TPSA) is 97.9 Å². The summed E-state index contributed by atoms with van der Waals surface area (Å²) in [4.78, 5) is 10.5. The van der Waals surface area contributed by atoms with Crippen LogP contribution in [-0.4, -0.2) is 55.9 Å². The number of aliphatic carboxylic acids is 1. The number of rotatable bonds is 9. The van der Waals surface area contributed by atoms with Crippen LogP contribution >= 0.6 is 7.60 Å². The quantitative estimate of drug-likeness (QED) is 0.479. The number of ether oxygens (including phenoxy) is 2. The zero-order valence-corrected chi connectivity index (χ0v) is 10.1. The summed E-state index contributed by atoms with van der Waals surface area (Å²) in [5.41, 5.74) is 0. The zero-order chi connectivity index (χ0) is 12.3. The summed E-state index contributed by atoms with van der Waals surface area (Å²) in [5, 5.41) is 8.57. The number of hydrogen-bond acceptors (Lipinski definition) is 6. The van der Waals surface area contributed by atoms with E-state index >= 15 is 0 Å². The summed E-state index contributed by atoms with van der Waals surface area (Å²) < 4.78 is 32.4. The van der Waals surface area contributed by atoms with Crippen molar-refractivity contribution < 1.29 is 33.0 Å². The summed E-state index contributed by atoms with van der Waals surface area (Å²) in [7, 11) is -3.34. The molecule has 17 heavy (non-hydrogen) atoms. The predicted octanol–water partition coefficient (Wildman–Crippen LogP) is 0.485. The molecule has 7 nitrogen and oxygen atoms in total. The molecule has 0 bridgehead atoms. The van der Waals surface area contributed by atoms with E-state index in [2.05, 4.69) is 0 Å². The van der Waals surface area contributed by atoms with Gasteiger partial charge in [0.25, 0.3) is 0 Å². The molecular weight excluding hydrogens is 251 g/mol. The lowest BCUT2D eigenvalue weighted by atomic mass is 10.5. The summed E-state index contributed by atoms with van der Waals surface area (Å²) in [6, 6.07) is 0. The standard InChI is InChI=1S/C9H15O7P/c10-9(11)1-2-17(12,15-5-7-3-13-7)16-6-8-4-14-8/h7-8H,1-6H2,(H,10,11). The smallest absolute Gasteiger partial charge is 0.331 e. The average Bonchev–Trinajstić information content (AvgIpc) is 3.16. The third-order valence-electron chi connectivity index (χ3n) is 2.32. The Labute approximate surface area is 98.5 Å². The normalized spacial score (nSPS) is 29.6. The third-order valence-corrected chi connectivity index (χ3v) is 4.17. The van der Waals surface area contributed by atoms with E-state index in [1.54, 1.807) is 0 Å². The molecular formula is C9H15O7P. The van der Waals surface area contributed by atoms with Crippen LogP contribution in [0, 0.1) is 0 Å². The first-order valence-electron chi connectivity index (χ1n) is 5.40. The van der Waals surface area contributed by atoms with Crippen LogP contribution in [0.5, 0.6) is 0 Å². The molecule has 0 saturated carbocycles. The van der Waals surface area contributed by atoms with Crippen molar-refractivity contribution in [3.8, 4) is 0 Å². The Morgan fingerprint density at radius 1 is 1.24 bits per heavy atom. The maximum atomic E-state index is 12.2. The molecule has 2 aliphatic heterocycles. The molecule has 2 saturated heterocycles. The van der Waals surface area contributed by atoms with Crippen LogP contribution in [0.4, 0.5) is 0 Å². The van der Waals surface area contributed by atoms with Gasteiger partial charge >= 0.3 is 13.6 Å². The first kappa shape index (κ1) is 13.0. The molecule has 2 aliphatic rings. The molecule has 0 aromatic heterocycles. The van der Waals surface area contributed by atoms with Crippen molar-refractivity contribution in [2.75, 3.05) is 32.6 Å². The van der Waals surface area contributed by atoms with Gasteiger partial charge < -0.3 is 23.6 Å². The summed E-state index contributed by atoms with van der Waals surface area (Å²) in [6.45, 7) is 1.54. The van der Waals surface area contributed by atoms with Crippen LogP contribution in [0.3, 0.4) is 0 Å². The highest BCUT2D eigenvalue weighted by molar-refractivity contribution is 7.53. The first-order chi connectivity index (χ1) is 8.07. The Bertz CT molecular complexity index is 303. The largest absolute Gasteiger partial charge is 0.481 e. The van der Waals surface area contributed by atoms with Gasteiger partial charge in [-0.05, 0) is 0 Å². The lowest BCUT2D eigenvalue weighted by Gasteiger charge is -2.16. The van der Waals surface area contributed by atoms with E-state index in [4.69, 9.17) is 23.6 Å². The zero-order valence-electron chi connectivity index (χ0n) is 9.24. The van der Waals surface area contributed by atoms with Gasteiger partial charge in [0.15, 0.2) is 0 Å². The van der Waals surface area contributed by atoms with Gasteiger partial charge in [-0.15, -0.1) is 0 Å². The van der Waals surface area contributed by atoms with E-state index in [-0.39, 0.29) is 38.0 Å². The fourth-order valence-corrected chi connectivity index (χ4v) is 2.71. The van der Waals surface area contributed by atoms with Gasteiger partial charge in [0.1, 0.15) is 12.2 Å². The lowest BCUT2D eigenvalue weighted by molar-refractivity contribution is -0.136. The Morgan fingerprint density at radius 3 is 2.06 bits per heavy atom. The van der Waals surface area contributed by atoms with Crippen molar-refractivity contribution in [2.24, 2.45) is 0 Å². The second-order valence-corrected chi connectivity index (χ2v) is 6.17. The van der Waals surface area contributed by atoms with E-state index in [1.807, 2.05) is 0 Å². The van der Waals surface area contributed by atoms with Crippen molar-refractivity contribution in [2.45, 2.75) is 18.6 Å². The Kier molecular flexibility index (Phi) is 4.17. The van der Waals surface area contributed by atoms with Crippen molar-refractivity contribution in [3.63, 3.8) is 0 Å². The number of carboxylic acids is 1. The second kappa shape index (κ2) is 5.46. The highest BCUT2D eigenvalue weighted by Crippen LogP contribution is 2.49. The Hall–Kier alpha value is -0.460. The highest BCUT2D eigenvalue weighted by Gasteiger charge is 2.33. The highest BCUT2D eigenvalue weighted by atomic mass is 31.2. The molecule has 0 aromatic rings. The van der Waals surface area contributed by atoms with Crippen LogP contribution in [0.1, 0.15) is 6.42 Å².